The van der Waals surface area contributed by atoms with Gasteiger partial charge in [-0.25, -0.2) is 9.67 Å². The molecule has 1 aliphatic rings. The number of nitrogens with zero attached hydrogens (tertiary/aromatic N) is 4. The summed E-state index contributed by atoms with van der Waals surface area (Å²) in [6, 6.07) is 4.42. The van der Waals surface area contributed by atoms with Gasteiger partial charge in [0.15, 0.2) is 0 Å². The van der Waals surface area contributed by atoms with Gasteiger partial charge in [0.05, 0.1) is 12.2 Å². The Labute approximate surface area is 150 Å². The third-order valence-corrected chi connectivity index (χ3v) is 5.67. The van der Waals surface area contributed by atoms with Crippen molar-refractivity contribution >= 4 is 22.4 Å². The largest absolute Gasteiger partial charge is 0.316 e. The Morgan fingerprint density at radius 1 is 1.28 bits per heavy atom. The molecule has 25 heavy (non-hydrogen) atoms. The summed E-state index contributed by atoms with van der Waals surface area (Å²) < 4.78 is 6.26. The molecule has 3 aromatic rings. The first-order chi connectivity index (χ1) is 12.0. The Morgan fingerprint density at radius 3 is 2.88 bits per heavy atom. The van der Waals surface area contributed by atoms with Crippen LogP contribution in [-0.4, -0.2) is 25.0 Å². The molecule has 7 heteroatoms. The van der Waals surface area contributed by atoms with Gasteiger partial charge in [0.1, 0.15) is 17.7 Å². The first-order valence-corrected chi connectivity index (χ1v) is 8.98. The van der Waals surface area contributed by atoms with E-state index >= 15 is 0 Å². The van der Waals surface area contributed by atoms with E-state index < -0.39 is 0 Å². The number of carbonyl (C=O) groups excluding carboxylic acids is 1. The predicted octanol–water partition coefficient (Wildman–Crippen LogP) is 3.18. The molecule has 0 unspecified atom stereocenters. The summed E-state index contributed by atoms with van der Waals surface area (Å²) in [6.07, 6.45) is 3.72. The van der Waals surface area contributed by atoms with Crippen molar-refractivity contribution in [1.82, 2.24) is 19.1 Å². The van der Waals surface area contributed by atoms with Crippen LogP contribution >= 0.6 is 11.5 Å². The fourth-order valence-corrected chi connectivity index (χ4v) is 4.43. The van der Waals surface area contributed by atoms with Crippen molar-refractivity contribution < 1.29 is 4.79 Å². The summed E-state index contributed by atoms with van der Waals surface area (Å²) in [6.45, 7) is 6.91. The number of benzene rings is 1. The third kappa shape index (κ3) is 2.84. The van der Waals surface area contributed by atoms with Crippen LogP contribution < -0.4 is 5.32 Å². The van der Waals surface area contributed by atoms with Crippen molar-refractivity contribution in [3.8, 4) is 0 Å². The van der Waals surface area contributed by atoms with Gasteiger partial charge in [0.2, 0.25) is 5.91 Å². The maximum Gasteiger partial charge on any atom is 0.225 e. The molecule has 2 aromatic heterocycles. The first kappa shape index (κ1) is 16.0. The number of anilines is 1. The van der Waals surface area contributed by atoms with Gasteiger partial charge in [0, 0.05) is 17.9 Å². The van der Waals surface area contributed by atoms with Crippen LogP contribution in [0, 0.1) is 20.8 Å². The van der Waals surface area contributed by atoms with Crippen molar-refractivity contribution in [1.29, 1.82) is 0 Å². The Hall–Kier alpha value is -2.54. The lowest BCUT2D eigenvalue weighted by molar-refractivity contribution is -0.116. The fourth-order valence-electron chi connectivity index (χ4n) is 3.56. The molecule has 0 fully saturated rings. The number of aryl methyl sites for hydroxylation is 3. The van der Waals surface area contributed by atoms with Gasteiger partial charge in [-0.15, -0.1) is 0 Å². The summed E-state index contributed by atoms with van der Waals surface area (Å²) >= 11 is 1.37. The highest BCUT2D eigenvalue weighted by Crippen LogP contribution is 2.42. The second-order valence-electron chi connectivity index (χ2n) is 6.54. The summed E-state index contributed by atoms with van der Waals surface area (Å²) in [7, 11) is 0. The lowest BCUT2D eigenvalue weighted by Gasteiger charge is -2.25. The maximum absolute atomic E-state index is 12.2. The van der Waals surface area contributed by atoms with Crippen LogP contribution in [0.15, 0.2) is 24.8 Å². The van der Waals surface area contributed by atoms with E-state index in [2.05, 4.69) is 45.8 Å². The zero-order chi connectivity index (χ0) is 17.6. The molecule has 4 rings (SSSR count). The smallest absolute Gasteiger partial charge is 0.225 e. The summed E-state index contributed by atoms with van der Waals surface area (Å²) in [5.41, 5.74) is 6.97. The van der Waals surface area contributed by atoms with Gasteiger partial charge in [-0.1, -0.05) is 12.1 Å². The average Bonchev–Trinajstić information content (AvgIpc) is 3.19. The van der Waals surface area contributed by atoms with Crippen molar-refractivity contribution in [2.45, 2.75) is 39.7 Å². The Morgan fingerprint density at radius 2 is 2.12 bits per heavy atom. The lowest BCUT2D eigenvalue weighted by atomic mass is 9.82. The molecular formula is C18H19N5OS. The molecule has 3 heterocycles. The van der Waals surface area contributed by atoms with Gasteiger partial charge in [-0.3, -0.25) is 4.79 Å². The van der Waals surface area contributed by atoms with Gasteiger partial charge in [-0.05, 0) is 54.6 Å². The molecule has 0 bridgehead atoms. The molecule has 1 aromatic carbocycles. The van der Waals surface area contributed by atoms with E-state index in [0.29, 0.717) is 13.0 Å². The van der Waals surface area contributed by atoms with Gasteiger partial charge in [0.25, 0.3) is 0 Å². The Kier molecular flexibility index (Phi) is 3.88. The molecule has 128 valence electrons. The van der Waals surface area contributed by atoms with E-state index in [9.17, 15) is 4.79 Å². The first-order valence-electron chi connectivity index (χ1n) is 8.21. The normalized spacial score (nSPS) is 16.6. The Bertz CT molecular complexity index is 945. The van der Waals surface area contributed by atoms with Gasteiger partial charge >= 0.3 is 0 Å². The van der Waals surface area contributed by atoms with E-state index in [4.69, 9.17) is 0 Å². The molecule has 0 spiro atoms. The topological polar surface area (TPSA) is 72.7 Å². The van der Waals surface area contributed by atoms with E-state index in [1.165, 1.54) is 33.8 Å². The van der Waals surface area contributed by atoms with Crippen LogP contribution in [0.4, 0.5) is 5.00 Å². The van der Waals surface area contributed by atoms with E-state index in [0.717, 1.165) is 16.3 Å². The fraction of sp³-hybridized carbons (Fsp3) is 0.333. The van der Waals surface area contributed by atoms with Crippen LogP contribution in [0.3, 0.4) is 0 Å². The highest BCUT2D eigenvalue weighted by Gasteiger charge is 2.31. The number of carbonyl (C=O) groups is 1. The summed E-state index contributed by atoms with van der Waals surface area (Å²) in [4.78, 5) is 16.2. The standard InChI is InChI=1S/C18H19N5OS/c1-10-4-11(2)14(5-13(10)7-23-9-19-8-20-23)15-6-16(24)21-18-17(15)12(3)22-25-18/h4-5,8-9,15H,6-7H2,1-3H3,(H,21,24)/t15-/m1/s1. The molecule has 0 radical (unpaired) electrons. The van der Waals surface area contributed by atoms with Crippen molar-refractivity contribution in [3.63, 3.8) is 0 Å². The van der Waals surface area contributed by atoms with Crippen molar-refractivity contribution in [2.24, 2.45) is 0 Å². The molecular weight excluding hydrogens is 334 g/mol. The number of nitrogens with one attached hydrogen (secondary N) is 1. The molecule has 1 atom stereocenters. The highest BCUT2D eigenvalue weighted by atomic mass is 32.1. The van der Waals surface area contributed by atoms with Gasteiger partial charge < -0.3 is 5.32 Å². The van der Waals surface area contributed by atoms with E-state index in [-0.39, 0.29) is 11.8 Å². The minimum absolute atomic E-state index is 0.0533. The molecule has 1 N–H and O–H groups in total. The SMILES string of the molecule is Cc1cc(C)c([C@H]2CC(=O)Nc3snc(C)c32)cc1Cn1cncn1. The summed E-state index contributed by atoms with van der Waals surface area (Å²) in [5, 5.41) is 8.05. The number of fused-ring (bicyclic) bond motifs is 1. The molecule has 6 nitrogen and oxygen atoms in total. The summed E-state index contributed by atoms with van der Waals surface area (Å²) in [5.74, 6) is 0.108. The van der Waals surface area contributed by atoms with Crippen LogP contribution in [0.5, 0.6) is 0 Å². The lowest BCUT2D eigenvalue weighted by Crippen LogP contribution is -2.23. The van der Waals surface area contributed by atoms with Crippen LogP contribution in [0.25, 0.3) is 0 Å². The number of aromatic nitrogens is 4. The average molecular weight is 353 g/mol. The molecule has 0 saturated carbocycles. The second kappa shape index (κ2) is 6.07. The quantitative estimate of drug-likeness (QED) is 0.785. The minimum Gasteiger partial charge on any atom is -0.316 e. The van der Waals surface area contributed by atoms with E-state index in [1.807, 2.05) is 11.6 Å². The van der Waals surface area contributed by atoms with Crippen molar-refractivity contribution in [3.05, 3.63) is 58.3 Å². The predicted molar refractivity (Wildman–Crippen MR) is 97.0 cm³/mol. The van der Waals surface area contributed by atoms with Crippen LogP contribution in [0.1, 0.15) is 45.8 Å². The van der Waals surface area contributed by atoms with Gasteiger partial charge in [-0.2, -0.15) is 9.47 Å². The molecule has 1 aliphatic heterocycles. The monoisotopic (exact) mass is 353 g/mol. The van der Waals surface area contributed by atoms with E-state index in [1.54, 1.807) is 12.7 Å². The maximum atomic E-state index is 12.2. The molecule has 0 aliphatic carbocycles. The van der Waals surface area contributed by atoms with Crippen LogP contribution in [-0.2, 0) is 11.3 Å². The molecule has 0 saturated heterocycles. The number of rotatable bonds is 3. The molecule has 1 amide bonds. The highest BCUT2D eigenvalue weighted by molar-refractivity contribution is 7.10. The number of hydrogen-bond acceptors (Lipinski definition) is 5. The van der Waals surface area contributed by atoms with Crippen LogP contribution in [0.2, 0.25) is 0 Å². The Balaban J connectivity index is 1.80. The zero-order valence-electron chi connectivity index (χ0n) is 14.4. The minimum atomic E-state index is 0.0533. The second-order valence-corrected chi connectivity index (χ2v) is 7.32. The number of amides is 1. The van der Waals surface area contributed by atoms with Crippen molar-refractivity contribution in [2.75, 3.05) is 5.32 Å². The number of hydrogen-bond donors (Lipinski definition) is 1. The third-order valence-electron chi connectivity index (χ3n) is 4.80. The zero-order valence-corrected chi connectivity index (χ0v) is 15.2.